The molecule has 0 aliphatic heterocycles. The fourth-order valence-electron chi connectivity index (χ4n) is 2.86. The van der Waals surface area contributed by atoms with Crippen molar-refractivity contribution in [3.05, 3.63) is 59.2 Å². The zero-order valence-corrected chi connectivity index (χ0v) is 22.8. The summed E-state index contributed by atoms with van der Waals surface area (Å²) in [6.07, 6.45) is 3.11. The number of allylic oxidation sites excluding steroid dienone is 1. The van der Waals surface area contributed by atoms with Crippen molar-refractivity contribution in [2.24, 2.45) is 10.8 Å². The lowest BCUT2D eigenvalue weighted by molar-refractivity contribution is -0.160. The van der Waals surface area contributed by atoms with E-state index in [-0.39, 0.29) is 31.3 Å². The minimum Gasteiger partial charge on any atom is -0.496 e. The first-order valence-electron chi connectivity index (χ1n) is 11.8. The molecule has 0 saturated carbocycles. The molecule has 0 atom stereocenters. The number of carbonyl (C=O) groups excluding carboxylic acids is 3. The number of rotatable bonds is 10. The van der Waals surface area contributed by atoms with E-state index >= 15 is 0 Å². The van der Waals surface area contributed by atoms with Gasteiger partial charge in [-0.05, 0) is 96.5 Å². The number of hydrogen-bond acceptors (Lipinski definition) is 8. The lowest BCUT2D eigenvalue weighted by atomic mass is 9.97. The smallest absolute Gasteiger partial charge is 0.314 e. The first-order valence-corrected chi connectivity index (χ1v) is 11.8. The Labute approximate surface area is 218 Å². The number of ketones is 1. The van der Waals surface area contributed by atoms with Gasteiger partial charge in [0, 0.05) is 17.2 Å². The Balaban J connectivity index is 2.00. The predicted octanol–water partition coefficient (Wildman–Crippen LogP) is 5.75. The number of ether oxygens (including phenoxy) is 5. The van der Waals surface area contributed by atoms with Gasteiger partial charge in [-0.3, -0.25) is 14.4 Å². The molecular formula is C29H36O8. The molecule has 0 fully saturated rings. The topological polar surface area (TPSA) is 97.4 Å². The summed E-state index contributed by atoms with van der Waals surface area (Å²) in [6, 6.07) is 10.0. The second kappa shape index (κ2) is 12.4. The summed E-state index contributed by atoms with van der Waals surface area (Å²) in [6.45, 7) is 12.0. The van der Waals surface area contributed by atoms with Gasteiger partial charge in [-0.25, -0.2) is 0 Å². The van der Waals surface area contributed by atoms with Crippen molar-refractivity contribution in [3.63, 3.8) is 0 Å². The van der Waals surface area contributed by atoms with Crippen molar-refractivity contribution >= 4 is 23.8 Å². The molecule has 0 unspecified atom stereocenters. The van der Waals surface area contributed by atoms with Crippen molar-refractivity contribution < 1.29 is 38.1 Å². The molecule has 0 aromatic heterocycles. The van der Waals surface area contributed by atoms with Crippen LogP contribution in [-0.2, 0) is 19.1 Å². The molecule has 8 nitrogen and oxygen atoms in total. The monoisotopic (exact) mass is 512 g/mol. The summed E-state index contributed by atoms with van der Waals surface area (Å²) in [5.41, 5.74) is 0.709. The Bertz CT molecular complexity index is 1130. The van der Waals surface area contributed by atoms with Crippen LogP contribution in [0.15, 0.2) is 42.5 Å². The van der Waals surface area contributed by atoms with Gasteiger partial charge in [0.25, 0.3) is 0 Å². The summed E-state index contributed by atoms with van der Waals surface area (Å²) in [5.74, 6) is 0.548. The SMILES string of the molecule is COc1cc(OCOC(=O)C(C)(C)C)c(C)cc1C=CC(=O)c1ccc(OCOC(=O)C(C)(C)C)cc1. The number of benzene rings is 2. The van der Waals surface area contributed by atoms with Gasteiger partial charge in [-0.1, -0.05) is 0 Å². The Hall–Kier alpha value is -3.81. The fraction of sp³-hybridized carbons (Fsp3) is 0.414. The van der Waals surface area contributed by atoms with E-state index in [0.29, 0.717) is 28.4 Å². The van der Waals surface area contributed by atoms with Crippen molar-refractivity contribution in [3.8, 4) is 17.2 Å². The molecule has 0 aliphatic rings. The zero-order valence-electron chi connectivity index (χ0n) is 22.8. The van der Waals surface area contributed by atoms with Crippen LogP contribution in [0.25, 0.3) is 6.08 Å². The molecule has 0 saturated heterocycles. The van der Waals surface area contributed by atoms with Crippen LogP contribution in [0.2, 0.25) is 0 Å². The summed E-state index contributed by atoms with van der Waals surface area (Å²) < 4.78 is 26.7. The quantitative estimate of drug-likeness (QED) is 0.172. The Morgan fingerprint density at radius 1 is 0.784 bits per heavy atom. The molecule has 8 heteroatoms. The van der Waals surface area contributed by atoms with Crippen LogP contribution in [0.1, 0.15) is 63.0 Å². The van der Waals surface area contributed by atoms with Crippen LogP contribution in [0.4, 0.5) is 0 Å². The lowest BCUT2D eigenvalue weighted by Crippen LogP contribution is -2.24. The van der Waals surface area contributed by atoms with Crippen LogP contribution >= 0.6 is 0 Å². The largest absolute Gasteiger partial charge is 0.496 e. The first-order chi connectivity index (χ1) is 17.2. The van der Waals surface area contributed by atoms with E-state index in [2.05, 4.69) is 0 Å². The van der Waals surface area contributed by atoms with Crippen molar-refractivity contribution in [1.29, 1.82) is 0 Å². The summed E-state index contributed by atoms with van der Waals surface area (Å²) in [5, 5.41) is 0. The molecular weight excluding hydrogens is 476 g/mol. The molecule has 200 valence electrons. The van der Waals surface area contributed by atoms with Crippen LogP contribution in [0, 0.1) is 17.8 Å². The number of hydrogen-bond donors (Lipinski definition) is 0. The van der Waals surface area contributed by atoms with Crippen LogP contribution < -0.4 is 14.2 Å². The first kappa shape index (κ1) is 29.4. The van der Waals surface area contributed by atoms with Gasteiger partial charge in [0.2, 0.25) is 13.6 Å². The normalized spacial score (nSPS) is 11.7. The summed E-state index contributed by atoms with van der Waals surface area (Å²) in [4.78, 5) is 36.4. The van der Waals surface area contributed by atoms with E-state index < -0.39 is 10.8 Å². The Morgan fingerprint density at radius 2 is 1.32 bits per heavy atom. The Kier molecular flexibility index (Phi) is 9.88. The average Bonchev–Trinajstić information content (AvgIpc) is 2.82. The predicted molar refractivity (Wildman–Crippen MR) is 140 cm³/mol. The number of aryl methyl sites for hydroxylation is 1. The standard InChI is InChI=1S/C29H36O8/c1-19-15-21(25(33-8)16-24(19)35-18-37-27(32)29(5,6)7)11-14-23(30)20-9-12-22(13-10-20)34-17-36-26(31)28(2,3)4/h9-16H,17-18H2,1-8H3. The van der Waals surface area contributed by atoms with Gasteiger partial charge in [0.05, 0.1) is 17.9 Å². The van der Waals surface area contributed by atoms with Gasteiger partial charge in [-0.15, -0.1) is 0 Å². The molecule has 0 bridgehead atoms. The molecule has 0 heterocycles. The highest BCUT2D eigenvalue weighted by molar-refractivity contribution is 6.07. The van der Waals surface area contributed by atoms with Crippen molar-refractivity contribution in [1.82, 2.24) is 0 Å². The van der Waals surface area contributed by atoms with Crippen molar-refractivity contribution in [2.45, 2.75) is 48.5 Å². The maximum Gasteiger partial charge on any atom is 0.314 e. The van der Waals surface area contributed by atoms with E-state index in [4.69, 9.17) is 23.7 Å². The molecule has 0 N–H and O–H groups in total. The zero-order chi connectivity index (χ0) is 27.8. The van der Waals surface area contributed by atoms with Gasteiger partial charge in [0.1, 0.15) is 17.2 Å². The van der Waals surface area contributed by atoms with Crippen LogP contribution in [-0.4, -0.2) is 38.4 Å². The second-order valence-corrected chi connectivity index (χ2v) is 10.5. The van der Waals surface area contributed by atoms with E-state index in [9.17, 15) is 14.4 Å². The molecule has 0 radical (unpaired) electrons. The minimum absolute atomic E-state index is 0.207. The Morgan fingerprint density at radius 3 is 1.84 bits per heavy atom. The maximum absolute atomic E-state index is 12.7. The highest BCUT2D eigenvalue weighted by Crippen LogP contribution is 2.30. The minimum atomic E-state index is -0.619. The van der Waals surface area contributed by atoms with Crippen molar-refractivity contribution in [2.75, 3.05) is 20.7 Å². The maximum atomic E-state index is 12.7. The molecule has 2 rings (SSSR count). The van der Waals surface area contributed by atoms with Gasteiger partial charge in [0.15, 0.2) is 5.78 Å². The molecule has 0 aliphatic carbocycles. The molecule has 2 aromatic rings. The van der Waals surface area contributed by atoms with E-state index in [1.807, 2.05) is 13.0 Å². The second-order valence-electron chi connectivity index (χ2n) is 10.5. The van der Waals surface area contributed by atoms with E-state index in [1.165, 1.54) is 13.2 Å². The van der Waals surface area contributed by atoms with Gasteiger partial charge >= 0.3 is 11.9 Å². The van der Waals surface area contributed by atoms with Crippen LogP contribution in [0.5, 0.6) is 17.2 Å². The molecule has 37 heavy (non-hydrogen) atoms. The molecule has 2 aromatic carbocycles. The summed E-state index contributed by atoms with van der Waals surface area (Å²) >= 11 is 0. The average molecular weight is 513 g/mol. The molecule has 0 amide bonds. The fourth-order valence-corrected chi connectivity index (χ4v) is 2.86. The number of esters is 2. The lowest BCUT2D eigenvalue weighted by Gasteiger charge is -2.18. The van der Waals surface area contributed by atoms with Gasteiger partial charge < -0.3 is 23.7 Å². The third-order valence-electron chi connectivity index (χ3n) is 5.13. The van der Waals surface area contributed by atoms with E-state index in [0.717, 1.165) is 5.56 Å². The van der Waals surface area contributed by atoms with Crippen LogP contribution in [0.3, 0.4) is 0 Å². The van der Waals surface area contributed by atoms with Gasteiger partial charge in [-0.2, -0.15) is 0 Å². The third-order valence-corrected chi connectivity index (χ3v) is 5.13. The number of carbonyl (C=O) groups is 3. The molecule has 0 spiro atoms. The highest BCUT2D eigenvalue weighted by atomic mass is 16.7. The van der Waals surface area contributed by atoms with E-state index in [1.54, 1.807) is 78.0 Å². The summed E-state index contributed by atoms with van der Waals surface area (Å²) in [7, 11) is 1.52. The highest BCUT2D eigenvalue weighted by Gasteiger charge is 2.24. The number of methoxy groups -OCH3 is 1. The third kappa shape index (κ3) is 8.97.